The average Bonchev–Trinajstić information content (AvgIpc) is 3.13. The number of carbonyl (C=O) groups excluding carboxylic acids is 1. The first-order valence-corrected chi connectivity index (χ1v) is 14.2. The van der Waals surface area contributed by atoms with E-state index in [9.17, 15) is 20.1 Å². The first-order valence-electron chi connectivity index (χ1n) is 14.2. The van der Waals surface area contributed by atoms with Gasteiger partial charge in [0.1, 0.15) is 6.10 Å². The van der Waals surface area contributed by atoms with Crippen LogP contribution in [0.25, 0.3) is 0 Å². The van der Waals surface area contributed by atoms with E-state index in [1.165, 1.54) is 31.8 Å². The molecular weight excluding hydrogens is 440 g/mol. The Morgan fingerprint density at radius 3 is 2.51 bits per heavy atom. The summed E-state index contributed by atoms with van der Waals surface area (Å²) in [5.41, 5.74) is 0.998. The second kappa shape index (κ2) is 9.76. The smallest absolute Gasteiger partial charge is 0.302 e. The Morgan fingerprint density at radius 1 is 1.17 bits per heavy atom. The number of aliphatic hydroxyl groups excluding tert-OH is 2. The molecule has 200 valence electrons. The van der Waals surface area contributed by atoms with Gasteiger partial charge in [0.15, 0.2) is 0 Å². The maximum Gasteiger partial charge on any atom is 0.302 e. The van der Waals surface area contributed by atoms with Crippen molar-refractivity contribution in [2.45, 2.75) is 117 Å². The van der Waals surface area contributed by atoms with Gasteiger partial charge in [0.05, 0.1) is 11.7 Å². The Morgan fingerprint density at radius 2 is 1.89 bits per heavy atom. The molecule has 3 N–H and O–H groups in total. The number of hydrogen-bond donors (Lipinski definition) is 3. The van der Waals surface area contributed by atoms with E-state index in [2.05, 4.69) is 26.8 Å². The zero-order valence-electron chi connectivity index (χ0n) is 22.9. The summed E-state index contributed by atoms with van der Waals surface area (Å²) in [6.07, 6.45) is 11.5. The lowest BCUT2D eigenvalue weighted by molar-refractivity contribution is -0.148. The van der Waals surface area contributed by atoms with Crippen LogP contribution in [0, 0.1) is 46.3 Å². The first-order chi connectivity index (χ1) is 16.3. The van der Waals surface area contributed by atoms with E-state index >= 15 is 0 Å². The molecule has 0 bridgehead atoms. The monoisotopic (exact) mass is 490 g/mol. The Balaban J connectivity index is 1.48. The molecule has 4 aliphatic carbocycles. The first kappa shape index (κ1) is 27.1. The van der Waals surface area contributed by atoms with Gasteiger partial charge in [0.25, 0.3) is 0 Å². The second-order valence-electron chi connectivity index (χ2n) is 13.7. The summed E-state index contributed by atoms with van der Waals surface area (Å²) in [6.45, 7) is 12.0. The summed E-state index contributed by atoms with van der Waals surface area (Å²) in [5.74, 6) is 2.23. The quantitative estimate of drug-likeness (QED) is 0.335. The largest absolute Gasteiger partial charge is 0.462 e. The molecule has 0 aromatic rings. The Labute approximate surface area is 212 Å². The SMILES string of the molecule is CC(=O)O[C@H]1CC[C@@]2(C)C(=CCC3C4CCC([C@H](C)[C@H](O)CC(CO)C(C)(C)O)[C@@]4(C)CCC32)C1. The predicted octanol–water partition coefficient (Wildman–Crippen LogP) is 5.26. The Bertz CT molecular complexity index is 814. The van der Waals surface area contributed by atoms with Crippen molar-refractivity contribution >= 4 is 5.97 Å². The third kappa shape index (κ3) is 4.86. The Hall–Kier alpha value is -0.910. The molecule has 0 aliphatic heterocycles. The van der Waals surface area contributed by atoms with Gasteiger partial charge in [-0.25, -0.2) is 0 Å². The molecule has 4 aliphatic rings. The van der Waals surface area contributed by atoms with E-state index in [1.54, 1.807) is 13.8 Å². The van der Waals surface area contributed by atoms with E-state index in [1.807, 2.05) is 0 Å². The van der Waals surface area contributed by atoms with Gasteiger partial charge in [-0.1, -0.05) is 32.4 Å². The van der Waals surface area contributed by atoms with Crippen LogP contribution in [0.5, 0.6) is 0 Å². The highest BCUT2D eigenvalue weighted by Gasteiger charge is 2.59. The van der Waals surface area contributed by atoms with E-state index in [0.717, 1.165) is 32.1 Å². The normalized spacial score (nSPS) is 41.6. The van der Waals surface area contributed by atoms with Crippen LogP contribution in [0.4, 0.5) is 0 Å². The molecule has 0 aromatic carbocycles. The van der Waals surface area contributed by atoms with Crippen LogP contribution in [0.3, 0.4) is 0 Å². The number of carbonyl (C=O) groups is 1. The van der Waals surface area contributed by atoms with Crippen LogP contribution < -0.4 is 0 Å². The van der Waals surface area contributed by atoms with Crippen LogP contribution in [0.1, 0.15) is 99.3 Å². The van der Waals surface area contributed by atoms with E-state index in [4.69, 9.17) is 4.74 Å². The van der Waals surface area contributed by atoms with Gasteiger partial charge in [-0.3, -0.25) is 4.79 Å². The standard InChI is InChI=1S/C30H50O5/c1-18(27(33)16-21(17-31)28(3,4)34)24-9-10-25-23-8-7-20-15-22(35-19(2)32)11-13-29(20,5)26(23)12-14-30(24,25)6/h7,18,21-27,31,33-34H,8-17H2,1-6H3/t18-,21?,22-,23?,24?,25?,26?,27+,29-,30+/m0/s1. The zero-order valence-corrected chi connectivity index (χ0v) is 22.9. The lowest BCUT2D eigenvalue weighted by Crippen LogP contribution is -2.51. The van der Waals surface area contributed by atoms with Gasteiger partial charge in [0, 0.05) is 25.9 Å². The summed E-state index contributed by atoms with van der Waals surface area (Å²) in [6, 6.07) is 0. The predicted molar refractivity (Wildman–Crippen MR) is 137 cm³/mol. The number of aliphatic hydroxyl groups is 3. The lowest BCUT2D eigenvalue weighted by atomic mass is 9.47. The van der Waals surface area contributed by atoms with Gasteiger partial charge in [0.2, 0.25) is 0 Å². The van der Waals surface area contributed by atoms with Crippen molar-refractivity contribution in [3.8, 4) is 0 Å². The molecule has 3 saturated carbocycles. The summed E-state index contributed by atoms with van der Waals surface area (Å²) in [5, 5.41) is 31.4. The van der Waals surface area contributed by atoms with Gasteiger partial charge < -0.3 is 20.1 Å². The minimum absolute atomic E-state index is 0.0436. The molecule has 35 heavy (non-hydrogen) atoms. The molecule has 10 atom stereocenters. The molecule has 3 fully saturated rings. The molecule has 0 amide bonds. The maximum atomic E-state index is 11.5. The van der Waals surface area contributed by atoms with Crippen molar-refractivity contribution in [2.75, 3.05) is 6.61 Å². The Kier molecular flexibility index (Phi) is 7.57. The van der Waals surface area contributed by atoms with E-state index < -0.39 is 11.7 Å². The van der Waals surface area contributed by atoms with Crippen LogP contribution in [0.15, 0.2) is 11.6 Å². The topological polar surface area (TPSA) is 87.0 Å². The third-order valence-corrected chi connectivity index (χ3v) is 11.5. The summed E-state index contributed by atoms with van der Waals surface area (Å²) in [4.78, 5) is 11.5. The highest BCUT2D eigenvalue weighted by atomic mass is 16.5. The number of esters is 1. The highest BCUT2D eigenvalue weighted by molar-refractivity contribution is 5.66. The molecule has 4 rings (SSSR count). The molecule has 0 aromatic heterocycles. The van der Waals surface area contributed by atoms with Gasteiger partial charge in [-0.15, -0.1) is 0 Å². The van der Waals surface area contributed by atoms with Crippen molar-refractivity contribution < 1.29 is 24.9 Å². The van der Waals surface area contributed by atoms with Crippen LogP contribution >= 0.6 is 0 Å². The van der Waals surface area contributed by atoms with Crippen LogP contribution in [-0.4, -0.2) is 45.7 Å². The molecule has 5 unspecified atom stereocenters. The van der Waals surface area contributed by atoms with E-state index in [0.29, 0.717) is 30.1 Å². The average molecular weight is 491 g/mol. The number of hydrogen-bond acceptors (Lipinski definition) is 5. The zero-order chi connectivity index (χ0) is 25.8. The van der Waals surface area contributed by atoms with Crippen LogP contribution in [-0.2, 0) is 9.53 Å². The number of fused-ring (bicyclic) bond motifs is 5. The summed E-state index contributed by atoms with van der Waals surface area (Å²) < 4.78 is 5.59. The van der Waals surface area contributed by atoms with Gasteiger partial charge in [-0.05, 0) is 106 Å². The molecule has 0 spiro atoms. The fourth-order valence-electron chi connectivity index (χ4n) is 9.23. The molecular formula is C30H50O5. The van der Waals surface area contributed by atoms with E-state index in [-0.39, 0.29) is 41.3 Å². The lowest BCUT2D eigenvalue weighted by Gasteiger charge is -2.58. The molecule has 0 radical (unpaired) electrons. The van der Waals surface area contributed by atoms with Crippen molar-refractivity contribution in [1.29, 1.82) is 0 Å². The number of allylic oxidation sites excluding steroid dienone is 1. The molecule has 5 heteroatoms. The summed E-state index contributed by atoms with van der Waals surface area (Å²) >= 11 is 0. The fraction of sp³-hybridized carbons (Fsp3) is 0.900. The summed E-state index contributed by atoms with van der Waals surface area (Å²) in [7, 11) is 0. The van der Waals surface area contributed by atoms with Gasteiger partial charge >= 0.3 is 5.97 Å². The van der Waals surface area contributed by atoms with Crippen LogP contribution in [0.2, 0.25) is 0 Å². The van der Waals surface area contributed by atoms with Crippen molar-refractivity contribution in [3.63, 3.8) is 0 Å². The number of rotatable bonds is 7. The highest BCUT2D eigenvalue weighted by Crippen LogP contribution is 2.67. The maximum absolute atomic E-state index is 11.5. The van der Waals surface area contributed by atoms with Gasteiger partial charge in [-0.2, -0.15) is 0 Å². The second-order valence-corrected chi connectivity index (χ2v) is 13.7. The van der Waals surface area contributed by atoms with Crippen molar-refractivity contribution in [1.82, 2.24) is 0 Å². The molecule has 0 saturated heterocycles. The number of ether oxygens (including phenoxy) is 1. The third-order valence-electron chi connectivity index (χ3n) is 11.5. The minimum atomic E-state index is -0.994. The molecule has 0 heterocycles. The van der Waals surface area contributed by atoms with Crippen molar-refractivity contribution in [2.24, 2.45) is 46.3 Å². The van der Waals surface area contributed by atoms with Crippen molar-refractivity contribution in [3.05, 3.63) is 11.6 Å². The minimum Gasteiger partial charge on any atom is -0.462 e. The fourth-order valence-corrected chi connectivity index (χ4v) is 9.23. The molecule has 5 nitrogen and oxygen atoms in total.